The van der Waals surface area contributed by atoms with E-state index in [-0.39, 0.29) is 0 Å². The second-order valence-electron chi connectivity index (χ2n) is 21.6. The van der Waals surface area contributed by atoms with Crippen molar-refractivity contribution in [3.63, 3.8) is 0 Å². The van der Waals surface area contributed by atoms with E-state index in [2.05, 4.69) is 336 Å². The van der Waals surface area contributed by atoms with E-state index in [0.717, 1.165) is 50.5 Å². The Morgan fingerprint density at radius 1 is 0.232 bits per heavy atom. The van der Waals surface area contributed by atoms with Crippen LogP contribution in [0.1, 0.15) is 22.3 Å². The fourth-order valence-electron chi connectivity index (χ4n) is 13.5. The predicted molar refractivity (Wildman–Crippen MR) is 343 cm³/mol. The average Bonchev–Trinajstić information content (AvgIpc) is 2.53. The van der Waals surface area contributed by atoms with Gasteiger partial charge < -0.3 is 14.0 Å². The molecule has 0 N–H and O–H groups in total. The molecule has 384 valence electrons. The maximum Gasteiger partial charge on any atom is 0.0713 e. The maximum atomic E-state index is 2.49. The van der Waals surface area contributed by atoms with Gasteiger partial charge in [-0.25, -0.2) is 0 Å². The van der Waals surface area contributed by atoms with E-state index in [9.17, 15) is 0 Å². The van der Waals surface area contributed by atoms with E-state index in [1.165, 1.54) is 88.3 Å². The lowest BCUT2D eigenvalue weighted by molar-refractivity contribution is 0.768. The molecule has 0 amide bonds. The number of rotatable bonds is 10. The Labute approximate surface area is 477 Å². The monoisotopic (exact) mass is 1040 g/mol. The normalized spacial score (nSPS) is 12.5. The van der Waals surface area contributed by atoms with Gasteiger partial charge in [-0.05, 0) is 146 Å². The van der Waals surface area contributed by atoms with Crippen LogP contribution in [-0.2, 0) is 5.41 Å². The molecule has 1 aliphatic carbocycles. The second-order valence-corrected chi connectivity index (χ2v) is 21.6. The first-order valence-corrected chi connectivity index (χ1v) is 28.3. The fourth-order valence-corrected chi connectivity index (χ4v) is 13.5. The van der Waals surface area contributed by atoms with Crippen LogP contribution in [0, 0.1) is 0 Å². The first kappa shape index (κ1) is 47.3. The van der Waals surface area contributed by atoms with E-state index in [4.69, 9.17) is 0 Å². The van der Waals surface area contributed by atoms with Crippen molar-refractivity contribution in [2.45, 2.75) is 5.41 Å². The molecular formula is C79H53N3. The summed E-state index contributed by atoms with van der Waals surface area (Å²) in [4.78, 5) is 2.37. The van der Waals surface area contributed by atoms with Gasteiger partial charge in [-0.3, -0.25) is 0 Å². The van der Waals surface area contributed by atoms with Crippen molar-refractivity contribution in [3.8, 4) is 55.9 Å². The molecule has 3 heteroatoms. The zero-order valence-corrected chi connectivity index (χ0v) is 44.9. The maximum absolute atomic E-state index is 2.49. The third-order valence-electron chi connectivity index (χ3n) is 17.2. The minimum Gasteiger partial charge on any atom is -0.310 e. The molecule has 13 aromatic carbocycles. The molecule has 2 heterocycles. The number of aromatic nitrogens is 2. The highest BCUT2D eigenvalue weighted by molar-refractivity contribution is 6.13. The highest BCUT2D eigenvalue weighted by Gasteiger charge is 2.46. The van der Waals surface area contributed by atoms with Crippen LogP contribution < -0.4 is 4.90 Å². The molecule has 0 unspecified atom stereocenters. The molecule has 0 fully saturated rings. The molecule has 0 radical (unpaired) electrons. The summed E-state index contributed by atoms with van der Waals surface area (Å²) in [5.74, 6) is 0. The van der Waals surface area contributed by atoms with Crippen LogP contribution >= 0.6 is 0 Å². The summed E-state index contributed by atoms with van der Waals surface area (Å²) in [7, 11) is 0. The van der Waals surface area contributed by atoms with Crippen molar-refractivity contribution in [1.82, 2.24) is 9.13 Å². The minimum atomic E-state index is -0.457. The van der Waals surface area contributed by atoms with E-state index >= 15 is 0 Å². The smallest absolute Gasteiger partial charge is 0.0713 e. The summed E-state index contributed by atoms with van der Waals surface area (Å²) in [5, 5.41) is 4.82. The quantitative estimate of drug-likeness (QED) is 0.133. The van der Waals surface area contributed by atoms with Gasteiger partial charge in [0.25, 0.3) is 0 Å². The van der Waals surface area contributed by atoms with Crippen LogP contribution in [0.25, 0.3) is 99.5 Å². The Morgan fingerprint density at radius 3 is 1.32 bits per heavy atom. The largest absolute Gasteiger partial charge is 0.310 e. The molecule has 3 nitrogen and oxygen atoms in total. The number of nitrogens with zero attached hydrogens (tertiary/aromatic N) is 3. The predicted octanol–water partition coefficient (Wildman–Crippen LogP) is 20.7. The molecule has 0 aliphatic heterocycles. The molecule has 82 heavy (non-hydrogen) atoms. The van der Waals surface area contributed by atoms with E-state index in [1.807, 2.05) is 0 Å². The lowest BCUT2D eigenvalue weighted by atomic mass is 9.67. The summed E-state index contributed by atoms with van der Waals surface area (Å²) < 4.78 is 4.95. The number of benzene rings is 13. The van der Waals surface area contributed by atoms with Gasteiger partial charge in [-0.1, -0.05) is 243 Å². The molecule has 16 rings (SSSR count). The molecule has 0 bridgehead atoms. The number of hydrogen-bond acceptors (Lipinski definition) is 1. The Bertz CT molecular complexity index is 4830. The van der Waals surface area contributed by atoms with Crippen LogP contribution in [0.5, 0.6) is 0 Å². The Balaban J connectivity index is 0.878. The molecule has 15 aromatic rings. The van der Waals surface area contributed by atoms with Gasteiger partial charge in [0.15, 0.2) is 0 Å². The molecule has 0 saturated heterocycles. The summed E-state index contributed by atoms with van der Waals surface area (Å²) in [5.41, 5.74) is 24.4. The Kier molecular flexibility index (Phi) is 11.1. The average molecular weight is 1040 g/mol. The van der Waals surface area contributed by atoms with Gasteiger partial charge in [-0.15, -0.1) is 0 Å². The number of para-hydroxylation sites is 2. The van der Waals surface area contributed by atoms with Crippen molar-refractivity contribution >= 4 is 60.7 Å². The fraction of sp³-hybridized carbons (Fsp3) is 0.0127. The van der Waals surface area contributed by atoms with E-state index in [0.29, 0.717) is 0 Å². The minimum absolute atomic E-state index is 0.457. The van der Waals surface area contributed by atoms with E-state index in [1.54, 1.807) is 0 Å². The standard InChI is InChI=1S/C79H53N3/c1-6-20-54(21-7-1)56-34-40-63(41-35-56)80(62-28-14-5-15-29-62)65-44-47-70-68-31-17-19-33-75(68)82(78(70)52-65)66-45-48-71-69-46-38-59(51-76(69)81(77(71)53-66)64-42-36-57(37-43-64)55-22-8-2-9-23-55)58-39-49-74-72(50-58)67-30-16-18-32-73(67)79(74,60-24-10-3-11-25-60)61-26-12-4-13-27-61/h1-53H. The van der Waals surface area contributed by atoms with Crippen molar-refractivity contribution in [3.05, 3.63) is 344 Å². The molecule has 0 atom stereocenters. The summed E-state index contributed by atoms with van der Waals surface area (Å²) in [6.07, 6.45) is 0. The third kappa shape index (κ3) is 7.51. The van der Waals surface area contributed by atoms with Crippen LogP contribution in [0.4, 0.5) is 17.1 Å². The summed E-state index contributed by atoms with van der Waals surface area (Å²) in [6.45, 7) is 0. The zero-order chi connectivity index (χ0) is 54.1. The number of fused-ring (bicyclic) bond motifs is 9. The van der Waals surface area contributed by atoms with Gasteiger partial charge in [0.2, 0.25) is 0 Å². The Hall–Kier alpha value is -10.7. The molecular weight excluding hydrogens is 991 g/mol. The van der Waals surface area contributed by atoms with Crippen molar-refractivity contribution < 1.29 is 0 Å². The van der Waals surface area contributed by atoms with Crippen LogP contribution in [-0.4, -0.2) is 9.13 Å². The molecule has 2 aromatic heterocycles. The van der Waals surface area contributed by atoms with Gasteiger partial charge in [0.05, 0.1) is 27.5 Å². The van der Waals surface area contributed by atoms with E-state index < -0.39 is 5.41 Å². The van der Waals surface area contributed by atoms with Gasteiger partial charge in [0.1, 0.15) is 0 Å². The first-order valence-electron chi connectivity index (χ1n) is 28.3. The second kappa shape index (κ2) is 19.3. The lowest BCUT2D eigenvalue weighted by Gasteiger charge is -2.33. The van der Waals surface area contributed by atoms with Crippen LogP contribution in [0.3, 0.4) is 0 Å². The number of anilines is 3. The van der Waals surface area contributed by atoms with Gasteiger partial charge in [0, 0.05) is 50.0 Å². The Morgan fingerprint density at radius 2 is 0.646 bits per heavy atom. The SMILES string of the molecule is c1ccc(-c2ccc(N(c3ccccc3)c3ccc4c5ccccc5n(-c5ccc6c7ccc(-c8ccc9c(c8)-c8ccccc8C9(c8ccccc8)c8ccccc8)cc7n(-c7ccc(-c8ccccc8)cc7)c6c5)c4c3)cc2)cc1. The third-order valence-corrected chi connectivity index (χ3v) is 17.2. The molecule has 0 spiro atoms. The number of hydrogen-bond donors (Lipinski definition) is 0. The highest BCUT2D eigenvalue weighted by Crippen LogP contribution is 2.57. The molecule has 0 saturated carbocycles. The van der Waals surface area contributed by atoms with Crippen molar-refractivity contribution in [2.24, 2.45) is 0 Å². The van der Waals surface area contributed by atoms with Crippen LogP contribution in [0.2, 0.25) is 0 Å². The molecule has 1 aliphatic rings. The summed E-state index contributed by atoms with van der Waals surface area (Å²) in [6, 6.07) is 118. The van der Waals surface area contributed by atoms with Crippen molar-refractivity contribution in [1.29, 1.82) is 0 Å². The van der Waals surface area contributed by atoms with Gasteiger partial charge >= 0.3 is 0 Å². The van der Waals surface area contributed by atoms with Crippen LogP contribution in [0.15, 0.2) is 322 Å². The topological polar surface area (TPSA) is 13.1 Å². The van der Waals surface area contributed by atoms with Crippen molar-refractivity contribution in [2.75, 3.05) is 4.90 Å². The lowest BCUT2D eigenvalue weighted by Crippen LogP contribution is -2.28. The van der Waals surface area contributed by atoms with Gasteiger partial charge in [-0.2, -0.15) is 0 Å². The zero-order valence-electron chi connectivity index (χ0n) is 44.9. The first-order chi connectivity index (χ1) is 40.7. The highest BCUT2D eigenvalue weighted by atomic mass is 15.1. The summed E-state index contributed by atoms with van der Waals surface area (Å²) >= 11 is 0.